The van der Waals surface area contributed by atoms with Crippen LogP contribution in [0.5, 0.6) is 5.75 Å². The summed E-state index contributed by atoms with van der Waals surface area (Å²) in [6.45, 7) is 0.439. The highest BCUT2D eigenvalue weighted by Crippen LogP contribution is 2.39. The van der Waals surface area contributed by atoms with E-state index in [4.69, 9.17) is 32.7 Å². The quantitative estimate of drug-likeness (QED) is 0.760. The first-order valence-electron chi connectivity index (χ1n) is 7.75. The lowest BCUT2D eigenvalue weighted by molar-refractivity contribution is 0.0593. The van der Waals surface area contributed by atoms with Crippen LogP contribution in [0.15, 0.2) is 18.2 Å². The van der Waals surface area contributed by atoms with Gasteiger partial charge in [-0.05, 0) is 30.5 Å². The van der Waals surface area contributed by atoms with Crippen LogP contribution in [0.2, 0.25) is 10.0 Å². The summed E-state index contributed by atoms with van der Waals surface area (Å²) in [4.78, 5) is 20.7. The van der Waals surface area contributed by atoms with Crippen LogP contribution >= 0.6 is 23.2 Å². The van der Waals surface area contributed by atoms with Crippen LogP contribution in [-0.2, 0) is 11.3 Å². The van der Waals surface area contributed by atoms with E-state index < -0.39 is 5.97 Å². The van der Waals surface area contributed by atoms with Crippen LogP contribution in [0, 0.1) is 0 Å². The highest BCUT2D eigenvalue weighted by atomic mass is 35.5. The number of ether oxygens (including phenoxy) is 2. The molecule has 0 bridgehead atoms. The summed E-state index contributed by atoms with van der Waals surface area (Å²) < 4.78 is 9.97. The van der Waals surface area contributed by atoms with E-state index in [0.717, 1.165) is 18.4 Å². The number of anilines is 1. The van der Waals surface area contributed by atoms with Crippen molar-refractivity contribution >= 4 is 35.0 Å². The van der Waals surface area contributed by atoms with E-state index in [9.17, 15) is 4.79 Å². The zero-order valence-corrected chi connectivity index (χ0v) is 15.3. The lowest BCUT2D eigenvalue weighted by Crippen LogP contribution is -2.12. The predicted molar refractivity (Wildman–Crippen MR) is 95.7 cm³/mol. The third-order valence-electron chi connectivity index (χ3n) is 3.87. The summed E-state index contributed by atoms with van der Waals surface area (Å²) in [5.74, 6) is 1.31. The minimum absolute atomic E-state index is 0.0808. The van der Waals surface area contributed by atoms with Gasteiger partial charge in [0.2, 0.25) is 0 Å². The molecule has 1 aliphatic carbocycles. The zero-order valence-electron chi connectivity index (χ0n) is 13.8. The van der Waals surface area contributed by atoms with Crippen molar-refractivity contribution < 1.29 is 14.3 Å². The molecule has 132 valence electrons. The zero-order chi connectivity index (χ0) is 18.0. The molecule has 3 rings (SSSR count). The first-order chi connectivity index (χ1) is 12.0. The highest BCUT2D eigenvalue weighted by Gasteiger charge is 2.30. The van der Waals surface area contributed by atoms with Crippen LogP contribution in [0.4, 0.5) is 5.82 Å². The first kappa shape index (κ1) is 17.8. The number of halogens is 2. The third kappa shape index (κ3) is 3.96. The maximum absolute atomic E-state index is 11.9. The van der Waals surface area contributed by atoms with E-state index in [1.165, 1.54) is 7.11 Å². The normalized spacial score (nSPS) is 13.4. The van der Waals surface area contributed by atoms with Crippen molar-refractivity contribution in [3.8, 4) is 5.75 Å². The molecule has 1 heterocycles. The standard InChI is InChI=1S/C17H17Cl2N3O3/c1-24-12-7-9(3-6-11(12)18)8-20-16-13(19)14(17(23)25-2)21-15(22-16)10-4-5-10/h3,6-7,10H,4-5,8H2,1-2H3,(H,20,21,22). The Labute approximate surface area is 155 Å². The van der Waals surface area contributed by atoms with Gasteiger partial charge in [0, 0.05) is 12.5 Å². The Morgan fingerprint density at radius 3 is 2.68 bits per heavy atom. The second kappa shape index (κ2) is 7.45. The maximum atomic E-state index is 11.9. The van der Waals surface area contributed by atoms with Crippen LogP contribution in [0.1, 0.15) is 40.6 Å². The van der Waals surface area contributed by atoms with Crippen molar-refractivity contribution in [2.45, 2.75) is 25.3 Å². The summed E-state index contributed by atoms with van der Waals surface area (Å²) in [6, 6.07) is 5.46. The van der Waals surface area contributed by atoms with E-state index >= 15 is 0 Å². The molecule has 1 N–H and O–H groups in total. The number of carbonyl (C=O) groups is 1. The van der Waals surface area contributed by atoms with Crippen molar-refractivity contribution in [3.63, 3.8) is 0 Å². The van der Waals surface area contributed by atoms with Crippen molar-refractivity contribution in [2.24, 2.45) is 0 Å². The molecule has 1 aliphatic rings. The molecule has 0 atom stereocenters. The van der Waals surface area contributed by atoms with E-state index in [1.54, 1.807) is 13.2 Å². The second-order valence-electron chi connectivity index (χ2n) is 5.68. The number of methoxy groups -OCH3 is 2. The van der Waals surface area contributed by atoms with Gasteiger partial charge in [0.25, 0.3) is 0 Å². The number of hydrogen-bond acceptors (Lipinski definition) is 6. The smallest absolute Gasteiger partial charge is 0.358 e. The number of nitrogens with one attached hydrogen (secondary N) is 1. The Kier molecular flexibility index (Phi) is 5.30. The molecular formula is C17H17Cl2N3O3. The van der Waals surface area contributed by atoms with Gasteiger partial charge >= 0.3 is 5.97 Å². The summed E-state index contributed by atoms with van der Waals surface area (Å²) in [5.41, 5.74) is 1.01. The summed E-state index contributed by atoms with van der Waals surface area (Å²) in [6.07, 6.45) is 2.02. The molecule has 25 heavy (non-hydrogen) atoms. The molecule has 0 spiro atoms. The molecule has 8 heteroatoms. The minimum atomic E-state index is -0.578. The van der Waals surface area contributed by atoms with Gasteiger partial charge in [-0.3, -0.25) is 0 Å². The number of hydrogen-bond donors (Lipinski definition) is 1. The van der Waals surface area contributed by atoms with Gasteiger partial charge in [-0.25, -0.2) is 14.8 Å². The van der Waals surface area contributed by atoms with Gasteiger partial charge in [0.1, 0.15) is 22.4 Å². The molecule has 0 aliphatic heterocycles. The van der Waals surface area contributed by atoms with Gasteiger partial charge in [0.15, 0.2) is 5.69 Å². The van der Waals surface area contributed by atoms with Crippen LogP contribution in [-0.4, -0.2) is 30.2 Å². The Hall–Kier alpha value is -2.05. The lowest BCUT2D eigenvalue weighted by Gasteiger charge is -2.12. The third-order valence-corrected chi connectivity index (χ3v) is 4.54. The Morgan fingerprint density at radius 1 is 1.28 bits per heavy atom. The van der Waals surface area contributed by atoms with Crippen LogP contribution in [0.25, 0.3) is 0 Å². The molecule has 0 saturated heterocycles. The van der Waals surface area contributed by atoms with Crippen molar-refractivity contribution in [1.82, 2.24) is 9.97 Å². The average Bonchev–Trinajstić information content (AvgIpc) is 3.46. The minimum Gasteiger partial charge on any atom is -0.495 e. The highest BCUT2D eigenvalue weighted by molar-refractivity contribution is 6.35. The molecule has 0 amide bonds. The Bertz CT molecular complexity index is 810. The molecule has 1 aromatic heterocycles. The van der Waals surface area contributed by atoms with E-state index in [0.29, 0.717) is 29.0 Å². The molecule has 0 unspecified atom stereocenters. The summed E-state index contributed by atoms with van der Waals surface area (Å²) in [7, 11) is 2.86. The number of carbonyl (C=O) groups excluding carboxylic acids is 1. The van der Waals surface area contributed by atoms with Crippen molar-refractivity contribution in [2.75, 3.05) is 19.5 Å². The first-order valence-corrected chi connectivity index (χ1v) is 8.51. The summed E-state index contributed by atoms with van der Waals surface area (Å²) >= 11 is 12.3. The van der Waals surface area contributed by atoms with Crippen molar-refractivity contribution in [3.05, 3.63) is 45.3 Å². The summed E-state index contributed by atoms with van der Waals surface area (Å²) in [5, 5.41) is 3.84. The fourth-order valence-corrected chi connectivity index (χ4v) is 2.76. The van der Waals surface area contributed by atoms with E-state index in [-0.39, 0.29) is 16.6 Å². The average molecular weight is 382 g/mol. The molecule has 2 aromatic rings. The van der Waals surface area contributed by atoms with E-state index in [1.807, 2.05) is 12.1 Å². The van der Waals surface area contributed by atoms with Crippen LogP contribution < -0.4 is 10.1 Å². The number of benzene rings is 1. The van der Waals surface area contributed by atoms with Gasteiger partial charge in [-0.2, -0.15) is 0 Å². The van der Waals surface area contributed by atoms with Crippen LogP contribution in [0.3, 0.4) is 0 Å². The van der Waals surface area contributed by atoms with E-state index in [2.05, 4.69) is 15.3 Å². The Balaban J connectivity index is 1.86. The molecular weight excluding hydrogens is 365 g/mol. The topological polar surface area (TPSA) is 73.3 Å². The lowest BCUT2D eigenvalue weighted by atomic mass is 10.2. The number of rotatable bonds is 6. The fourth-order valence-electron chi connectivity index (χ4n) is 2.34. The number of aromatic nitrogens is 2. The second-order valence-corrected chi connectivity index (χ2v) is 6.47. The maximum Gasteiger partial charge on any atom is 0.358 e. The predicted octanol–water partition coefficient (Wildman–Crippen LogP) is 4.07. The molecule has 1 aromatic carbocycles. The van der Waals surface area contributed by atoms with Gasteiger partial charge in [-0.1, -0.05) is 29.3 Å². The fraction of sp³-hybridized carbons (Fsp3) is 0.353. The number of esters is 1. The number of nitrogens with zero attached hydrogens (tertiary/aromatic N) is 2. The molecule has 1 saturated carbocycles. The largest absolute Gasteiger partial charge is 0.495 e. The van der Waals surface area contributed by atoms with Crippen molar-refractivity contribution in [1.29, 1.82) is 0 Å². The molecule has 6 nitrogen and oxygen atoms in total. The SMILES string of the molecule is COC(=O)c1nc(C2CC2)nc(NCc2ccc(Cl)c(OC)c2)c1Cl. The van der Waals surface area contributed by atoms with Gasteiger partial charge < -0.3 is 14.8 Å². The molecule has 1 fully saturated rings. The Morgan fingerprint density at radius 2 is 2.04 bits per heavy atom. The van der Waals surface area contributed by atoms with Gasteiger partial charge in [-0.15, -0.1) is 0 Å². The molecule has 0 radical (unpaired) electrons. The monoisotopic (exact) mass is 381 g/mol. The van der Waals surface area contributed by atoms with Gasteiger partial charge in [0.05, 0.1) is 19.2 Å².